The summed E-state index contributed by atoms with van der Waals surface area (Å²) in [6.45, 7) is 4.41. The number of carbonyl (C=O) groups is 2. The van der Waals surface area contributed by atoms with Crippen molar-refractivity contribution < 1.29 is 19.4 Å². The Morgan fingerprint density at radius 3 is 2.37 bits per heavy atom. The third-order valence-electron chi connectivity index (χ3n) is 4.35. The lowest BCUT2D eigenvalue weighted by Gasteiger charge is -2.33. The van der Waals surface area contributed by atoms with Crippen LogP contribution in [0, 0.1) is 11.8 Å². The van der Waals surface area contributed by atoms with Gasteiger partial charge in [0.05, 0.1) is 0 Å². The Hall–Kier alpha value is -1.10. The second-order valence-electron chi connectivity index (χ2n) is 6.04. The third kappa shape index (κ3) is 3.47. The van der Waals surface area contributed by atoms with Crippen LogP contribution in [0.2, 0.25) is 0 Å². The monoisotopic (exact) mass is 269 g/mol. The molecule has 19 heavy (non-hydrogen) atoms. The highest BCUT2D eigenvalue weighted by molar-refractivity contribution is 5.82. The first-order valence-corrected chi connectivity index (χ1v) is 7.16. The molecule has 1 saturated heterocycles. The minimum absolute atomic E-state index is 0.143. The van der Waals surface area contributed by atoms with Gasteiger partial charge in [-0.1, -0.05) is 13.8 Å². The first kappa shape index (κ1) is 14.3. The van der Waals surface area contributed by atoms with Gasteiger partial charge < -0.3 is 15.2 Å². The lowest BCUT2D eigenvalue weighted by atomic mass is 9.80. The fourth-order valence-corrected chi connectivity index (χ4v) is 3.17. The van der Waals surface area contributed by atoms with Crippen molar-refractivity contribution in [2.24, 2.45) is 11.8 Å². The van der Waals surface area contributed by atoms with Crippen LogP contribution >= 0.6 is 0 Å². The van der Waals surface area contributed by atoms with E-state index in [2.05, 4.69) is 19.2 Å². The topological polar surface area (TPSA) is 75.6 Å². The van der Waals surface area contributed by atoms with Gasteiger partial charge in [0.15, 0.2) is 6.10 Å². The fraction of sp³-hybridized carbons (Fsp3) is 0.857. The average molecular weight is 269 g/mol. The first-order chi connectivity index (χ1) is 8.97. The summed E-state index contributed by atoms with van der Waals surface area (Å²) in [7, 11) is 0. The number of ether oxygens (including phenoxy) is 1. The van der Waals surface area contributed by atoms with Gasteiger partial charge in [0, 0.05) is 6.04 Å². The standard InChI is InChI=1S/C14H23NO4/c1-8-3-4-10(9(2)7-8)15-13(16)11-5-6-12(19-11)14(17)18/h8-12H,3-7H2,1-2H3,(H,15,16)(H,17,18)/t8?,9?,10?,11-,12+/m0/s1. The molecule has 2 aliphatic rings. The molecule has 0 bridgehead atoms. The Kier molecular flexibility index (Phi) is 4.45. The number of carboxylic acid groups (broad SMARTS) is 1. The molecule has 0 aromatic rings. The SMILES string of the molecule is CC1CCC(NC(=O)[C@@H]2CC[C@H](C(=O)O)O2)C(C)C1. The maximum absolute atomic E-state index is 12.1. The maximum Gasteiger partial charge on any atom is 0.332 e. The molecule has 0 aromatic heterocycles. The van der Waals surface area contributed by atoms with Gasteiger partial charge in [-0.25, -0.2) is 4.79 Å². The number of hydrogen-bond acceptors (Lipinski definition) is 3. The van der Waals surface area contributed by atoms with Gasteiger partial charge >= 0.3 is 5.97 Å². The van der Waals surface area contributed by atoms with E-state index in [1.165, 1.54) is 0 Å². The zero-order valence-electron chi connectivity index (χ0n) is 11.6. The van der Waals surface area contributed by atoms with Crippen molar-refractivity contribution >= 4 is 11.9 Å². The maximum atomic E-state index is 12.1. The minimum Gasteiger partial charge on any atom is -0.479 e. The summed E-state index contributed by atoms with van der Waals surface area (Å²) in [6.07, 6.45) is 2.79. The second kappa shape index (κ2) is 5.90. The Labute approximate surface area is 113 Å². The van der Waals surface area contributed by atoms with Crippen LogP contribution in [-0.2, 0) is 14.3 Å². The number of carboxylic acids is 1. The van der Waals surface area contributed by atoms with Gasteiger partial charge in [-0.05, 0) is 43.9 Å². The van der Waals surface area contributed by atoms with Crippen molar-refractivity contribution in [1.82, 2.24) is 5.32 Å². The molecule has 5 atom stereocenters. The van der Waals surface area contributed by atoms with Crippen LogP contribution in [0.3, 0.4) is 0 Å². The zero-order valence-corrected chi connectivity index (χ0v) is 11.6. The molecule has 1 aliphatic carbocycles. The summed E-state index contributed by atoms with van der Waals surface area (Å²) in [5.41, 5.74) is 0. The number of rotatable bonds is 3. The normalized spacial score (nSPS) is 38.9. The molecule has 5 nitrogen and oxygen atoms in total. The molecular formula is C14H23NO4. The van der Waals surface area contributed by atoms with Gasteiger partial charge in [-0.15, -0.1) is 0 Å². The van der Waals surface area contributed by atoms with Crippen molar-refractivity contribution in [1.29, 1.82) is 0 Å². The summed E-state index contributed by atoms with van der Waals surface area (Å²) >= 11 is 0. The van der Waals surface area contributed by atoms with Crippen LogP contribution < -0.4 is 5.32 Å². The summed E-state index contributed by atoms with van der Waals surface area (Å²) in [6, 6.07) is 0.205. The number of amides is 1. The smallest absolute Gasteiger partial charge is 0.332 e. The van der Waals surface area contributed by atoms with Gasteiger partial charge in [-0.3, -0.25) is 4.79 Å². The Morgan fingerprint density at radius 1 is 1.11 bits per heavy atom. The summed E-state index contributed by atoms with van der Waals surface area (Å²) in [5, 5.41) is 11.9. The van der Waals surface area contributed by atoms with Crippen molar-refractivity contribution in [3.05, 3.63) is 0 Å². The van der Waals surface area contributed by atoms with Gasteiger partial charge in [0.2, 0.25) is 5.91 Å². The molecule has 5 heteroatoms. The quantitative estimate of drug-likeness (QED) is 0.815. The van der Waals surface area contributed by atoms with E-state index in [9.17, 15) is 9.59 Å². The van der Waals surface area contributed by atoms with E-state index in [1.807, 2.05) is 0 Å². The lowest BCUT2D eigenvalue weighted by molar-refractivity contribution is -0.152. The molecule has 0 aromatic carbocycles. The largest absolute Gasteiger partial charge is 0.479 e. The molecule has 0 spiro atoms. The van der Waals surface area contributed by atoms with Crippen LogP contribution in [0.1, 0.15) is 46.0 Å². The second-order valence-corrected chi connectivity index (χ2v) is 6.04. The van der Waals surface area contributed by atoms with E-state index < -0.39 is 18.2 Å². The van der Waals surface area contributed by atoms with Crippen LogP contribution in [-0.4, -0.2) is 35.2 Å². The highest BCUT2D eigenvalue weighted by Gasteiger charge is 2.36. The van der Waals surface area contributed by atoms with Gasteiger partial charge in [0.25, 0.3) is 0 Å². The predicted molar refractivity (Wildman–Crippen MR) is 69.6 cm³/mol. The van der Waals surface area contributed by atoms with E-state index >= 15 is 0 Å². The average Bonchev–Trinajstić information content (AvgIpc) is 2.82. The molecule has 3 unspecified atom stereocenters. The van der Waals surface area contributed by atoms with Crippen LogP contribution in [0.25, 0.3) is 0 Å². The van der Waals surface area contributed by atoms with Crippen LogP contribution in [0.5, 0.6) is 0 Å². The highest BCUT2D eigenvalue weighted by atomic mass is 16.5. The Bertz CT molecular complexity index is 357. The summed E-state index contributed by atoms with van der Waals surface area (Å²) in [4.78, 5) is 22.9. The molecule has 108 valence electrons. The molecule has 2 N–H and O–H groups in total. The highest BCUT2D eigenvalue weighted by Crippen LogP contribution is 2.29. The van der Waals surface area contributed by atoms with Gasteiger partial charge in [0.1, 0.15) is 6.10 Å². The molecule has 1 amide bonds. The molecule has 1 heterocycles. The number of carbonyl (C=O) groups excluding carboxylic acids is 1. The molecular weight excluding hydrogens is 246 g/mol. The zero-order chi connectivity index (χ0) is 14.0. The lowest BCUT2D eigenvalue weighted by Crippen LogP contribution is -2.46. The molecule has 0 radical (unpaired) electrons. The Morgan fingerprint density at radius 2 is 1.79 bits per heavy atom. The number of aliphatic carboxylic acids is 1. The summed E-state index contributed by atoms with van der Waals surface area (Å²) < 4.78 is 5.27. The predicted octanol–water partition coefficient (Wildman–Crippen LogP) is 1.56. The van der Waals surface area contributed by atoms with Crippen LogP contribution in [0.15, 0.2) is 0 Å². The summed E-state index contributed by atoms with van der Waals surface area (Å²) in [5.74, 6) is 0.0805. The van der Waals surface area contributed by atoms with Crippen molar-refractivity contribution in [3.8, 4) is 0 Å². The first-order valence-electron chi connectivity index (χ1n) is 7.16. The molecule has 2 rings (SSSR count). The van der Waals surface area contributed by atoms with Gasteiger partial charge in [-0.2, -0.15) is 0 Å². The molecule has 1 saturated carbocycles. The molecule has 1 aliphatic heterocycles. The van der Waals surface area contributed by atoms with Crippen LogP contribution in [0.4, 0.5) is 0 Å². The Balaban J connectivity index is 1.83. The van der Waals surface area contributed by atoms with E-state index in [-0.39, 0.29) is 11.9 Å². The van der Waals surface area contributed by atoms with E-state index in [0.29, 0.717) is 18.8 Å². The van der Waals surface area contributed by atoms with E-state index in [4.69, 9.17) is 9.84 Å². The van der Waals surface area contributed by atoms with E-state index in [0.717, 1.165) is 25.2 Å². The van der Waals surface area contributed by atoms with Crippen molar-refractivity contribution in [2.45, 2.75) is 64.2 Å². The number of nitrogens with one attached hydrogen (secondary N) is 1. The van der Waals surface area contributed by atoms with Crippen molar-refractivity contribution in [2.75, 3.05) is 0 Å². The minimum atomic E-state index is -0.977. The van der Waals surface area contributed by atoms with Crippen molar-refractivity contribution in [3.63, 3.8) is 0 Å². The molecule has 2 fully saturated rings. The van der Waals surface area contributed by atoms with E-state index in [1.54, 1.807) is 0 Å². The third-order valence-corrected chi connectivity index (χ3v) is 4.35. The fourth-order valence-electron chi connectivity index (χ4n) is 3.17. The number of hydrogen-bond donors (Lipinski definition) is 2.